The largest absolute Gasteiger partial charge is 0.483 e. The molecule has 0 bridgehead atoms. The van der Waals surface area contributed by atoms with Crippen molar-refractivity contribution >= 4 is 17.3 Å². The molecule has 0 spiro atoms. The van der Waals surface area contributed by atoms with Crippen LogP contribution in [0.1, 0.15) is 32.3 Å². The lowest BCUT2D eigenvalue weighted by Crippen LogP contribution is -2.60. The van der Waals surface area contributed by atoms with Crippen LogP contribution < -0.4 is 19.7 Å². The minimum Gasteiger partial charge on any atom is -0.483 e. The van der Waals surface area contributed by atoms with E-state index >= 15 is 0 Å². The molecule has 0 aromatic heterocycles. The molecular weight excluding hydrogens is 388 g/mol. The molecule has 4 rings (SSSR count). The molecule has 156 valence electrons. The van der Waals surface area contributed by atoms with E-state index in [-0.39, 0.29) is 24.5 Å². The molecule has 1 fully saturated rings. The van der Waals surface area contributed by atoms with Gasteiger partial charge in [-0.3, -0.25) is 0 Å². The Balaban J connectivity index is 1.66. The van der Waals surface area contributed by atoms with E-state index in [9.17, 15) is 5.11 Å². The number of aliphatic hydroxyl groups excluding tert-OH is 1. The third-order valence-electron chi connectivity index (χ3n) is 5.53. The Morgan fingerprint density at radius 3 is 2.90 bits per heavy atom. The van der Waals surface area contributed by atoms with Crippen molar-refractivity contribution in [2.24, 2.45) is 0 Å². The van der Waals surface area contributed by atoms with Crippen molar-refractivity contribution in [3.8, 4) is 11.5 Å². The molecule has 6 heteroatoms. The fraction of sp³-hybridized carbons (Fsp3) is 0.478. The normalized spacial score (nSPS) is 22.8. The van der Waals surface area contributed by atoms with Crippen LogP contribution in [-0.4, -0.2) is 42.7 Å². The van der Waals surface area contributed by atoms with Crippen LogP contribution in [0.15, 0.2) is 42.5 Å². The van der Waals surface area contributed by atoms with Gasteiger partial charge in [0, 0.05) is 42.4 Å². The smallest absolute Gasteiger partial charge is 0.188 e. The molecular formula is C23H29ClN2O3. The molecule has 2 atom stereocenters. The summed E-state index contributed by atoms with van der Waals surface area (Å²) < 4.78 is 12.8. The molecule has 0 radical (unpaired) electrons. The summed E-state index contributed by atoms with van der Waals surface area (Å²) >= 11 is 6.26. The SMILES string of the molecule is CC1(C)Cc2cccc(OC3C(CCCO)NCCN3c3cccc(Cl)c3)c2O1. The van der Waals surface area contributed by atoms with E-state index in [0.29, 0.717) is 5.02 Å². The molecule has 2 aromatic carbocycles. The van der Waals surface area contributed by atoms with Crippen LogP contribution in [0.3, 0.4) is 0 Å². The predicted molar refractivity (Wildman–Crippen MR) is 116 cm³/mol. The fourth-order valence-electron chi connectivity index (χ4n) is 4.26. The number of nitrogens with zero attached hydrogens (tertiary/aromatic N) is 1. The Labute approximate surface area is 177 Å². The number of piperazine rings is 1. The predicted octanol–water partition coefficient (Wildman–Crippen LogP) is 4.01. The number of hydrogen-bond acceptors (Lipinski definition) is 5. The monoisotopic (exact) mass is 416 g/mol. The highest BCUT2D eigenvalue weighted by atomic mass is 35.5. The lowest BCUT2D eigenvalue weighted by molar-refractivity contribution is 0.100. The van der Waals surface area contributed by atoms with Gasteiger partial charge in [0.05, 0.1) is 6.04 Å². The molecule has 2 aliphatic heterocycles. The molecule has 0 amide bonds. The number of rotatable bonds is 6. The minimum absolute atomic E-state index is 0.0835. The summed E-state index contributed by atoms with van der Waals surface area (Å²) in [5, 5.41) is 13.6. The average molecular weight is 417 g/mol. The van der Waals surface area contributed by atoms with Crippen molar-refractivity contribution in [1.29, 1.82) is 0 Å². The summed E-state index contributed by atoms with van der Waals surface area (Å²) in [7, 11) is 0. The lowest BCUT2D eigenvalue weighted by atomic mass is 10.0. The van der Waals surface area contributed by atoms with E-state index in [4.69, 9.17) is 21.1 Å². The van der Waals surface area contributed by atoms with Crippen LogP contribution >= 0.6 is 11.6 Å². The third kappa shape index (κ3) is 4.47. The van der Waals surface area contributed by atoms with Crippen molar-refractivity contribution in [1.82, 2.24) is 5.32 Å². The molecule has 2 aliphatic rings. The highest BCUT2D eigenvalue weighted by molar-refractivity contribution is 6.30. The number of nitrogens with one attached hydrogen (secondary N) is 1. The van der Waals surface area contributed by atoms with E-state index in [1.807, 2.05) is 30.3 Å². The zero-order valence-electron chi connectivity index (χ0n) is 17.0. The van der Waals surface area contributed by atoms with E-state index in [1.54, 1.807) is 0 Å². The molecule has 0 saturated carbocycles. The summed E-state index contributed by atoms with van der Waals surface area (Å²) in [6.45, 7) is 6.02. The van der Waals surface area contributed by atoms with Gasteiger partial charge in [0.1, 0.15) is 5.60 Å². The molecule has 5 nitrogen and oxygen atoms in total. The number of aliphatic hydroxyl groups is 1. The van der Waals surface area contributed by atoms with Crippen LogP contribution in [0.4, 0.5) is 5.69 Å². The fourth-order valence-corrected chi connectivity index (χ4v) is 4.44. The van der Waals surface area contributed by atoms with Crippen LogP contribution in [0.5, 0.6) is 11.5 Å². The van der Waals surface area contributed by atoms with Crippen LogP contribution in [0.25, 0.3) is 0 Å². The number of hydrogen-bond donors (Lipinski definition) is 2. The molecule has 2 unspecified atom stereocenters. The summed E-state index contributed by atoms with van der Waals surface area (Å²) in [6.07, 6.45) is 2.18. The summed E-state index contributed by atoms with van der Waals surface area (Å²) in [5.74, 6) is 1.61. The van der Waals surface area contributed by atoms with Crippen LogP contribution in [-0.2, 0) is 6.42 Å². The number of anilines is 1. The quantitative estimate of drug-likeness (QED) is 0.745. The average Bonchev–Trinajstić information content (AvgIpc) is 3.02. The number of ether oxygens (including phenoxy) is 2. The van der Waals surface area contributed by atoms with Crippen LogP contribution in [0, 0.1) is 0 Å². The van der Waals surface area contributed by atoms with Crippen molar-refractivity contribution in [3.63, 3.8) is 0 Å². The van der Waals surface area contributed by atoms with Gasteiger partial charge in [-0.15, -0.1) is 0 Å². The highest BCUT2D eigenvalue weighted by Gasteiger charge is 2.36. The summed E-state index contributed by atoms with van der Waals surface area (Å²) in [5.41, 5.74) is 1.99. The second kappa shape index (κ2) is 8.42. The van der Waals surface area contributed by atoms with Gasteiger partial charge in [-0.05, 0) is 51.0 Å². The maximum Gasteiger partial charge on any atom is 0.188 e. The Morgan fingerprint density at radius 1 is 1.28 bits per heavy atom. The molecule has 2 aromatic rings. The zero-order valence-corrected chi connectivity index (χ0v) is 17.8. The molecule has 2 heterocycles. The van der Waals surface area contributed by atoms with Crippen LogP contribution in [0.2, 0.25) is 5.02 Å². The van der Waals surface area contributed by atoms with Gasteiger partial charge in [0.2, 0.25) is 0 Å². The van der Waals surface area contributed by atoms with Gasteiger partial charge in [-0.1, -0.05) is 29.8 Å². The maximum absolute atomic E-state index is 9.36. The second-order valence-electron chi connectivity index (χ2n) is 8.39. The second-order valence-corrected chi connectivity index (χ2v) is 8.83. The van der Waals surface area contributed by atoms with E-state index in [1.165, 1.54) is 5.56 Å². The van der Waals surface area contributed by atoms with E-state index in [0.717, 1.165) is 49.5 Å². The molecule has 0 aliphatic carbocycles. The zero-order chi connectivity index (χ0) is 20.4. The van der Waals surface area contributed by atoms with Gasteiger partial charge in [0.25, 0.3) is 0 Å². The first-order valence-electron chi connectivity index (χ1n) is 10.3. The Kier molecular flexibility index (Phi) is 5.91. The van der Waals surface area contributed by atoms with Gasteiger partial charge < -0.3 is 24.8 Å². The van der Waals surface area contributed by atoms with Gasteiger partial charge >= 0.3 is 0 Å². The van der Waals surface area contributed by atoms with Crippen molar-refractivity contribution < 1.29 is 14.6 Å². The summed E-state index contributed by atoms with van der Waals surface area (Å²) in [4.78, 5) is 2.25. The number of para-hydroxylation sites is 1. The van der Waals surface area contributed by atoms with Gasteiger partial charge in [-0.25, -0.2) is 0 Å². The van der Waals surface area contributed by atoms with Crippen molar-refractivity contribution in [2.45, 2.75) is 51.0 Å². The first-order chi connectivity index (χ1) is 14.0. The molecule has 29 heavy (non-hydrogen) atoms. The molecule has 1 saturated heterocycles. The van der Waals surface area contributed by atoms with E-state index in [2.05, 4.69) is 36.2 Å². The highest BCUT2D eigenvalue weighted by Crippen LogP contribution is 2.43. The number of fused-ring (bicyclic) bond motifs is 1. The van der Waals surface area contributed by atoms with Gasteiger partial charge in [0.15, 0.2) is 17.7 Å². The maximum atomic E-state index is 9.36. The third-order valence-corrected chi connectivity index (χ3v) is 5.76. The minimum atomic E-state index is -0.229. The first kappa shape index (κ1) is 20.3. The van der Waals surface area contributed by atoms with Crippen molar-refractivity contribution in [3.05, 3.63) is 53.1 Å². The van der Waals surface area contributed by atoms with Gasteiger partial charge in [-0.2, -0.15) is 0 Å². The standard InChI is InChI=1S/C23H29ClN2O3/c1-23(2)15-16-6-3-10-20(21(16)29-23)28-22-19(9-5-13-27)25-11-12-26(22)18-8-4-7-17(24)14-18/h3-4,6-8,10,14,19,22,25,27H,5,9,11-13,15H2,1-2H3. The number of halogens is 1. The Morgan fingerprint density at radius 2 is 2.10 bits per heavy atom. The van der Waals surface area contributed by atoms with E-state index < -0.39 is 0 Å². The van der Waals surface area contributed by atoms with Crippen molar-refractivity contribution in [2.75, 3.05) is 24.6 Å². The lowest BCUT2D eigenvalue weighted by Gasteiger charge is -2.43. The Bertz CT molecular complexity index is 858. The Hall–Kier alpha value is -1.95. The summed E-state index contributed by atoms with van der Waals surface area (Å²) in [6, 6.07) is 14.1. The number of benzene rings is 2. The molecule has 2 N–H and O–H groups in total. The first-order valence-corrected chi connectivity index (χ1v) is 10.7. The topological polar surface area (TPSA) is 54.0 Å².